The standard InChI is InChI=1S/C17H12F2N2/c18-13-5-1-11(2-6-13)16-9-15(20)10-17(21-16)12-3-7-14(19)8-4-12/h1-10H,(H2,20,21). The van der Waals surface area contributed by atoms with Crippen molar-refractivity contribution < 1.29 is 8.78 Å². The molecule has 4 heteroatoms. The quantitative estimate of drug-likeness (QED) is 0.762. The highest BCUT2D eigenvalue weighted by atomic mass is 19.1. The molecule has 2 nitrogen and oxygen atoms in total. The Balaban J connectivity index is 2.07. The Morgan fingerprint density at radius 3 is 1.43 bits per heavy atom. The van der Waals surface area contributed by atoms with Crippen LogP contribution in [-0.4, -0.2) is 4.98 Å². The summed E-state index contributed by atoms with van der Waals surface area (Å²) in [7, 11) is 0. The summed E-state index contributed by atoms with van der Waals surface area (Å²) in [5.74, 6) is -0.608. The van der Waals surface area contributed by atoms with E-state index in [9.17, 15) is 8.78 Å². The fourth-order valence-corrected chi connectivity index (χ4v) is 2.09. The highest BCUT2D eigenvalue weighted by Gasteiger charge is 2.06. The van der Waals surface area contributed by atoms with E-state index in [2.05, 4.69) is 4.98 Å². The molecule has 0 atom stereocenters. The molecule has 0 saturated heterocycles. The zero-order chi connectivity index (χ0) is 14.8. The molecule has 0 saturated carbocycles. The summed E-state index contributed by atoms with van der Waals surface area (Å²) in [6.07, 6.45) is 0. The number of nitrogen functional groups attached to an aromatic ring is 1. The van der Waals surface area contributed by atoms with Crippen molar-refractivity contribution >= 4 is 5.69 Å². The molecule has 1 heterocycles. The number of benzene rings is 2. The predicted molar refractivity (Wildman–Crippen MR) is 79.4 cm³/mol. The zero-order valence-electron chi connectivity index (χ0n) is 11.1. The third-order valence-electron chi connectivity index (χ3n) is 3.13. The summed E-state index contributed by atoms with van der Waals surface area (Å²) < 4.78 is 26.0. The normalized spacial score (nSPS) is 10.6. The predicted octanol–water partition coefficient (Wildman–Crippen LogP) is 4.28. The summed E-state index contributed by atoms with van der Waals surface area (Å²) in [5, 5.41) is 0. The molecule has 21 heavy (non-hydrogen) atoms. The first-order valence-corrected chi connectivity index (χ1v) is 6.41. The van der Waals surface area contributed by atoms with Crippen LogP contribution < -0.4 is 5.73 Å². The summed E-state index contributed by atoms with van der Waals surface area (Å²) in [6.45, 7) is 0. The smallest absolute Gasteiger partial charge is 0.123 e. The first kappa shape index (κ1) is 13.2. The van der Waals surface area contributed by atoms with Crippen molar-refractivity contribution in [3.63, 3.8) is 0 Å². The maximum Gasteiger partial charge on any atom is 0.123 e. The lowest BCUT2D eigenvalue weighted by molar-refractivity contribution is 0.627. The Labute approximate surface area is 120 Å². The third-order valence-corrected chi connectivity index (χ3v) is 3.13. The lowest BCUT2D eigenvalue weighted by atomic mass is 10.1. The molecule has 0 spiro atoms. The molecule has 0 unspecified atom stereocenters. The van der Waals surface area contributed by atoms with Gasteiger partial charge < -0.3 is 5.73 Å². The van der Waals surface area contributed by atoms with Crippen LogP contribution in [0.25, 0.3) is 22.5 Å². The maximum absolute atomic E-state index is 13.0. The molecule has 0 aliphatic carbocycles. The highest BCUT2D eigenvalue weighted by Crippen LogP contribution is 2.26. The molecular weight excluding hydrogens is 270 g/mol. The van der Waals surface area contributed by atoms with Gasteiger partial charge in [0.25, 0.3) is 0 Å². The molecule has 0 fully saturated rings. The van der Waals surface area contributed by atoms with Crippen LogP contribution in [0, 0.1) is 11.6 Å². The van der Waals surface area contributed by atoms with E-state index < -0.39 is 0 Å². The van der Waals surface area contributed by atoms with Gasteiger partial charge in [0, 0.05) is 16.8 Å². The second-order valence-corrected chi connectivity index (χ2v) is 4.68. The van der Waals surface area contributed by atoms with Crippen LogP contribution in [0.15, 0.2) is 60.7 Å². The van der Waals surface area contributed by atoms with Crippen molar-refractivity contribution in [1.29, 1.82) is 0 Å². The monoisotopic (exact) mass is 282 g/mol. The van der Waals surface area contributed by atoms with E-state index in [0.717, 1.165) is 11.1 Å². The average Bonchev–Trinajstić information content (AvgIpc) is 2.48. The van der Waals surface area contributed by atoms with Gasteiger partial charge in [-0.2, -0.15) is 0 Å². The number of pyridine rings is 1. The van der Waals surface area contributed by atoms with E-state index in [1.165, 1.54) is 24.3 Å². The second kappa shape index (κ2) is 5.32. The van der Waals surface area contributed by atoms with Gasteiger partial charge in [-0.05, 0) is 60.7 Å². The van der Waals surface area contributed by atoms with E-state index in [1.807, 2.05) is 0 Å². The van der Waals surface area contributed by atoms with Gasteiger partial charge in [0.15, 0.2) is 0 Å². The van der Waals surface area contributed by atoms with Gasteiger partial charge in [0.05, 0.1) is 11.4 Å². The van der Waals surface area contributed by atoms with Gasteiger partial charge in [0.1, 0.15) is 11.6 Å². The van der Waals surface area contributed by atoms with Gasteiger partial charge in [0.2, 0.25) is 0 Å². The maximum atomic E-state index is 13.0. The van der Waals surface area contributed by atoms with Crippen LogP contribution in [-0.2, 0) is 0 Å². The van der Waals surface area contributed by atoms with Gasteiger partial charge in [-0.25, -0.2) is 13.8 Å². The number of rotatable bonds is 2. The van der Waals surface area contributed by atoms with Crippen molar-refractivity contribution in [2.24, 2.45) is 0 Å². The van der Waals surface area contributed by atoms with Crippen molar-refractivity contribution in [2.45, 2.75) is 0 Å². The summed E-state index contributed by atoms with van der Waals surface area (Å²) in [4.78, 5) is 4.51. The molecule has 0 bridgehead atoms. The van der Waals surface area contributed by atoms with Crippen LogP contribution in [0.1, 0.15) is 0 Å². The van der Waals surface area contributed by atoms with E-state index in [-0.39, 0.29) is 11.6 Å². The van der Waals surface area contributed by atoms with E-state index in [0.29, 0.717) is 17.1 Å². The van der Waals surface area contributed by atoms with Crippen molar-refractivity contribution in [2.75, 3.05) is 5.73 Å². The molecule has 0 aliphatic heterocycles. The van der Waals surface area contributed by atoms with E-state index in [4.69, 9.17) is 5.73 Å². The molecule has 0 radical (unpaired) electrons. The third kappa shape index (κ3) is 2.89. The average molecular weight is 282 g/mol. The number of hydrogen-bond donors (Lipinski definition) is 1. The van der Waals surface area contributed by atoms with E-state index >= 15 is 0 Å². The van der Waals surface area contributed by atoms with E-state index in [1.54, 1.807) is 36.4 Å². The molecule has 3 rings (SSSR count). The molecule has 0 aliphatic rings. The van der Waals surface area contributed by atoms with Crippen molar-refractivity contribution in [3.05, 3.63) is 72.3 Å². The highest BCUT2D eigenvalue weighted by molar-refractivity contribution is 5.71. The number of hydrogen-bond acceptors (Lipinski definition) is 2. The van der Waals surface area contributed by atoms with Crippen LogP contribution in [0.3, 0.4) is 0 Å². The topological polar surface area (TPSA) is 38.9 Å². The van der Waals surface area contributed by atoms with Gasteiger partial charge in [-0.1, -0.05) is 0 Å². The first-order valence-electron chi connectivity index (χ1n) is 6.41. The first-order chi connectivity index (χ1) is 10.1. The fourth-order valence-electron chi connectivity index (χ4n) is 2.09. The van der Waals surface area contributed by atoms with Crippen LogP contribution in [0.5, 0.6) is 0 Å². The van der Waals surface area contributed by atoms with Gasteiger partial charge >= 0.3 is 0 Å². The van der Waals surface area contributed by atoms with Gasteiger partial charge in [-0.3, -0.25) is 0 Å². The molecule has 2 N–H and O–H groups in total. The molecule has 3 aromatic rings. The molecule has 2 aromatic carbocycles. The number of halogens is 2. The van der Waals surface area contributed by atoms with Gasteiger partial charge in [-0.15, -0.1) is 0 Å². The molecule has 0 amide bonds. The number of nitrogens with zero attached hydrogens (tertiary/aromatic N) is 1. The summed E-state index contributed by atoms with van der Waals surface area (Å²) >= 11 is 0. The number of aromatic nitrogens is 1. The minimum Gasteiger partial charge on any atom is -0.399 e. The fraction of sp³-hybridized carbons (Fsp3) is 0. The Morgan fingerprint density at radius 2 is 1.05 bits per heavy atom. The molecular formula is C17H12F2N2. The Hall–Kier alpha value is -2.75. The Kier molecular flexibility index (Phi) is 3.36. The molecule has 104 valence electrons. The minimum absolute atomic E-state index is 0.304. The SMILES string of the molecule is Nc1cc(-c2ccc(F)cc2)nc(-c2ccc(F)cc2)c1. The summed E-state index contributed by atoms with van der Waals surface area (Å²) in [6, 6.07) is 15.5. The Bertz CT molecular complexity index is 702. The van der Waals surface area contributed by atoms with Crippen LogP contribution in [0.2, 0.25) is 0 Å². The zero-order valence-corrected chi connectivity index (χ0v) is 11.1. The second-order valence-electron chi connectivity index (χ2n) is 4.68. The summed E-state index contributed by atoms with van der Waals surface area (Å²) in [5.41, 5.74) is 9.29. The van der Waals surface area contributed by atoms with Crippen molar-refractivity contribution in [3.8, 4) is 22.5 Å². The van der Waals surface area contributed by atoms with Crippen LogP contribution in [0.4, 0.5) is 14.5 Å². The van der Waals surface area contributed by atoms with Crippen LogP contribution >= 0.6 is 0 Å². The molecule has 1 aromatic heterocycles. The van der Waals surface area contributed by atoms with Crippen molar-refractivity contribution in [1.82, 2.24) is 4.98 Å². The lowest BCUT2D eigenvalue weighted by Crippen LogP contribution is -1.93. The minimum atomic E-state index is -0.304. The Morgan fingerprint density at radius 1 is 0.667 bits per heavy atom. The largest absolute Gasteiger partial charge is 0.399 e. The number of anilines is 1. The lowest BCUT2D eigenvalue weighted by Gasteiger charge is -2.07. The number of nitrogens with two attached hydrogens (primary N) is 1.